The Bertz CT molecular complexity index is 942. The summed E-state index contributed by atoms with van der Waals surface area (Å²) in [5.74, 6) is -0.234. The second-order valence-corrected chi connectivity index (χ2v) is 10.5. The largest absolute Gasteiger partial charge is 0.349 e. The van der Waals surface area contributed by atoms with E-state index in [2.05, 4.69) is 24.4 Å². The number of hydrogen-bond acceptors (Lipinski definition) is 3. The van der Waals surface area contributed by atoms with Gasteiger partial charge in [-0.3, -0.25) is 4.79 Å². The molecule has 0 spiro atoms. The number of amides is 1. The summed E-state index contributed by atoms with van der Waals surface area (Å²) in [7, 11) is -3.35. The zero-order valence-corrected chi connectivity index (χ0v) is 19.4. The third-order valence-electron chi connectivity index (χ3n) is 6.11. The van der Waals surface area contributed by atoms with Gasteiger partial charge in [0.2, 0.25) is 15.9 Å². The predicted octanol–water partition coefficient (Wildman–Crippen LogP) is 4.10. The van der Waals surface area contributed by atoms with E-state index in [-0.39, 0.29) is 30.2 Å². The summed E-state index contributed by atoms with van der Waals surface area (Å²) in [5.41, 5.74) is 3.48. The van der Waals surface area contributed by atoms with E-state index in [9.17, 15) is 13.2 Å². The number of benzene rings is 2. The highest BCUT2D eigenvalue weighted by Crippen LogP contribution is 2.22. The topological polar surface area (TPSA) is 66.5 Å². The first-order valence-corrected chi connectivity index (χ1v) is 12.9. The zero-order valence-electron chi connectivity index (χ0n) is 18.6. The van der Waals surface area contributed by atoms with E-state index in [1.807, 2.05) is 49.4 Å². The molecule has 1 heterocycles. The molecule has 0 unspecified atom stereocenters. The molecule has 1 aliphatic rings. The van der Waals surface area contributed by atoms with Gasteiger partial charge in [0.05, 0.1) is 17.7 Å². The minimum Gasteiger partial charge on any atom is -0.349 e. The van der Waals surface area contributed by atoms with E-state index < -0.39 is 10.0 Å². The first kappa shape index (κ1) is 23.5. The van der Waals surface area contributed by atoms with Crippen LogP contribution in [0.15, 0.2) is 54.6 Å². The van der Waals surface area contributed by atoms with E-state index in [1.165, 1.54) is 9.87 Å². The highest BCUT2D eigenvalue weighted by molar-refractivity contribution is 7.89. The van der Waals surface area contributed by atoms with Crippen LogP contribution in [0.4, 0.5) is 0 Å². The van der Waals surface area contributed by atoms with Crippen LogP contribution in [0, 0.1) is 5.92 Å². The van der Waals surface area contributed by atoms with Gasteiger partial charge in [-0.05, 0) is 55.7 Å². The third kappa shape index (κ3) is 6.65. The van der Waals surface area contributed by atoms with E-state index in [0.717, 1.165) is 36.8 Å². The van der Waals surface area contributed by atoms with Crippen molar-refractivity contribution >= 4 is 15.9 Å². The second kappa shape index (κ2) is 10.9. The lowest BCUT2D eigenvalue weighted by Crippen LogP contribution is -2.46. The Morgan fingerprint density at radius 2 is 1.81 bits per heavy atom. The van der Waals surface area contributed by atoms with Crippen LogP contribution in [0.25, 0.3) is 0 Å². The van der Waals surface area contributed by atoms with Gasteiger partial charge in [0, 0.05) is 13.1 Å². The molecule has 0 bridgehead atoms. The predicted molar refractivity (Wildman–Crippen MR) is 125 cm³/mol. The molecule has 0 aromatic heterocycles. The van der Waals surface area contributed by atoms with Crippen LogP contribution in [0.3, 0.4) is 0 Å². The van der Waals surface area contributed by atoms with Crippen molar-refractivity contribution in [1.29, 1.82) is 0 Å². The van der Waals surface area contributed by atoms with Crippen LogP contribution >= 0.6 is 0 Å². The Morgan fingerprint density at radius 3 is 2.48 bits per heavy atom. The van der Waals surface area contributed by atoms with E-state index >= 15 is 0 Å². The molecule has 1 aliphatic heterocycles. The molecule has 31 heavy (non-hydrogen) atoms. The summed E-state index contributed by atoms with van der Waals surface area (Å²) < 4.78 is 27.2. The number of carbonyl (C=O) groups is 1. The lowest BCUT2D eigenvalue weighted by atomic mass is 9.97. The zero-order chi connectivity index (χ0) is 22.3. The lowest BCUT2D eigenvalue weighted by molar-refractivity contribution is -0.126. The van der Waals surface area contributed by atoms with Crippen LogP contribution in [0.1, 0.15) is 55.8 Å². The van der Waals surface area contributed by atoms with Gasteiger partial charge in [-0.25, -0.2) is 12.7 Å². The molecular formula is C25H34N2O3S. The number of aryl methyl sites for hydroxylation is 2. The molecule has 0 radical (unpaired) electrons. The van der Waals surface area contributed by atoms with E-state index in [1.54, 1.807) is 0 Å². The van der Waals surface area contributed by atoms with Gasteiger partial charge < -0.3 is 5.32 Å². The molecule has 6 heteroatoms. The average molecular weight is 443 g/mol. The van der Waals surface area contributed by atoms with Crippen LogP contribution < -0.4 is 5.32 Å². The first-order chi connectivity index (χ1) is 14.9. The molecule has 1 saturated heterocycles. The molecule has 2 aromatic carbocycles. The Labute approximate surface area is 186 Å². The molecule has 2 aromatic rings. The molecule has 1 amide bonds. The van der Waals surface area contributed by atoms with Crippen molar-refractivity contribution in [3.05, 3.63) is 71.3 Å². The average Bonchev–Trinajstić information content (AvgIpc) is 2.79. The van der Waals surface area contributed by atoms with Crippen LogP contribution in [-0.2, 0) is 27.7 Å². The van der Waals surface area contributed by atoms with Crippen molar-refractivity contribution in [2.75, 3.05) is 18.8 Å². The van der Waals surface area contributed by atoms with Crippen LogP contribution in [-0.4, -0.2) is 37.5 Å². The molecule has 2 atom stereocenters. The smallest absolute Gasteiger partial charge is 0.224 e. The van der Waals surface area contributed by atoms with Gasteiger partial charge in [-0.1, -0.05) is 61.5 Å². The van der Waals surface area contributed by atoms with Crippen molar-refractivity contribution < 1.29 is 13.2 Å². The Balaban J connectivity index is 1.52. The highest BCUT2D eigenvalue weighted by atomic mass is 32.2. The van der Waals surface area contributed by atoms with Gasteiger partial charge in [0.1, 0.15) is 0 Å². The number of rotatable bonds is 9. The number of sulfonamides is 1. The lowest BCUT2D eigenvalue weighted by Gasteiger charge is -2.32. The second-order valence-electron chi connectivity index (χ2n) is 8.43. The van der Waals surface area contributed by atoms with Crippen molar-refractivity contribution in [2.45, 2.75) is 52.0 Å². The normalized spacial score (nSPS) is 18.5. The number of hydrogen-bond donors (Lipinski definition) is 1. The summed E-state index contributed by atoms with van der Waals surface area (Å²) in [5, 5.41) is 3.08. The minimum atomic E-state index is -3.35. The summed E-state index contributed by atoms with van der Waals surface area (Å²) >= 11 is 0. The standard InChI is InChI=1S/C25H34N2O3S/c1-3-21-13-15-23(16-14-21)20(2)26-25(28)24-12-7-17-27(19-24)31(29,30)18-8-11-22-9-5-4-6-10-22/h4-6,9-10,13-16,20,24H,3,7-8,11-12,17-19H2,1-2H3,(H,26,28)/t20-,24-/m1/s1. The van der Waals surface area contributed by atoms with Crippen molar-refractivity contribution in [3.8, 4) is 0 Å². The highest BCUT2D eigenvalue weighted by Gasteiger charge is 2.32. The fraction of sp³-hybridized carbons (Fsp3) is 0.480. The quantitative estimate of drug-likeness (QED) is 0.636. The molecule has 1 N–H and O–H groups in total. The number of nitrogens with zero attached hydrogens (tertiary/aromatic N) is 1. The maximum absolute atomic E-state index is 12.8. The minimum absolute atomic E-state index is 0.0590. The number of nitrogens with one attached hydrogen (secondary N) is 1. The summed E-state index contributed by atoms with van der Waals surface area (Å²) in [4.78, 5) is 12.8. The number of piperidine rings is 1. The van der Waals surface area contributed by atoms with Crippen LogP contribution in [0.5, 0.6) is 0 Å². The van der Waals surface area contributed by atoms with Crippen molar-refractivity contribution in [1.82, 2.24) is 9.62 Å². The van der Waals surface area contributed by atoms with E-state index in [4.69, 9.17) is 0 Å². The summed E-state index contributed by atoms with van der Waals surface area (Å²) in [6.07, 6.45) is 3.76. The third-order valence-corrected chi connectivity index (χ3v) is 8.03. The summed E-state index contributed by atoms with van der Waals surface area (Å²) in [6.45, 7) is 4.87. The Hall–Kier alpha value is -2.18. The first-order valence-electron chi connectivity index (χ1n) is 11.3. The molecule has 168 valence electrons. The Morgan fingerprint density at radius 1 is 1.10 bits per heavy atom. The maximum atomic E-state index is 12.8. The molecule has 1 fully saturated rings. The van der Waals surface area contributed by atoms with Gasteiger partial charge in [-0.2, -0.15) is 0 Å². The van der Waals surface area contributed by atoms with Gasteiger partial charge in [-0.15, -0.1) is 0 Å². The fourth-order valence-electron chi connectivity index (χ4n) is 4.10. The molecule has 5 nitrogen and oxygen atoms in total. The van der Waals surface area contributed by atoms with Crippen molar-refractivity contribution in [2.24, 2.45) is 5.92 Å². The van der Waals surface area contributed by atoms with Gasteiger partial charge in [0.15, 0.2) is 0 Å². The fourth-order valence-corrected chi connectivity index (χ4v) is 5.68. The molecule has 0 aliphatic carbocycles. The monoisotopic (exact) mass is 442 g/mol. The van der Waals surface area contributed by atoms with Gasteiger partial charge >= 0.3 is 0 Å². The molecule has 3 rings (SSSR count). The van der Waals surface area contributed by atoms with E-state index in [0.29, 0.717) is 13.0 Å². The molecular weight excluding hydrogens is 408 g/mol. The molecule has 0 saturated carbocycles. The Kier molecular flexibility index (Phi) is 8.27. The van der Waals surface area contributed by atoms with Crippen molar-refractivity contribution in [3.63, 3.8) is 0 Å². The van der Waals surface area contributed by atoms with Gasteiger partial charge in [0.25, 0.3) is 0 Å². The number of carbonyl (C=O) groups excluding carboxylic acids is 1. The maximum Gasteiger partial charge on any atom is 0.224 e. The SMILES string of the molecule is CCc1ccc([C@@H](C)NC(=O)[C@@H]2CCCN(S(=O)(=O)CCCc3ccccc3)C2)cc1. The van der Waals surface area contributed by atoms with Crippen LogP contribution in [0.2, 0.25) is 0 Å². The summed E-state index contributed by atoms with van der Waals surface area (Å²) in [6, 6.07) is 18.1.